The van der Waals surface area contributed by atoms with Crippen molar-refractivity contribution in [1.29, 1.82) is 0 Å². The third-order valence-corrected chi connectivity index (χ3v) is 4.28. The molecule has 1 N–H and O–H groups in total. The highest BCUT2D eigenvalue weighted by atomic mass is 16.3. The quantitative estimate of drug-likeness (QED) is 0.626. The van der Waals surface area contributed by atoms with E-state index in [1.807, 2.05) is 30.3 Å². The van der Waals surface area contributed by atoms with E-state index in [4.69, 9.17) is 0 Å². The number of hydrogen-bond acceptors (Lipinski definition) is 1. The molecule has 0 saturated heterocycles. The minimum absolute atomic E-state index is 0.340. The van der Waals surface area contributed by atoms with E-state index in [-0.39, 0.29) is 0 Å². The molecule has 0 heterocycles. The van der Waals surface area contributed by atoms with Gasteiger partial charge in [0, 0.05) is 5.56 Å². The topological polar surface area (TPSA) is 20.2 Å². The lowest BCUT2D eigenvalue weighted by Gasteiger charge is -2.15. The van der Waals surface area contributed by atoms with E-state index in [2.05, 4.69) is 44.7 Å². The second kappa shape index (κ2) is 5.69. The Balaban J connectivity index is 2.40. The maximum Gasteiger partial charge on any atom is 0.120 e. The second-order valence-electron chi connectivity index (χ2n) is 5.76. The van der Waals surface area contributed by atoms with Crippen LogP contribution in [-0.4, -0.2) is 5.11 Å². The Bertz CT molecular complexity index is 859. The number of rotatable bonds is 3. The number of aryl methyl sites for hydroxylation is 2. The number of fused-ring (bicyclic) bond motifs is 1. The van der Waals surface area contributed by atoms with E-state index in [1.165, 1.54) is 16.5 Å². The van der Waals surface area contributed by atoms with Crippen LogP contribution < -0.4 is 0 Å². The van der Waals surface area contributed by atoms with E-state index >= 15 is 0 Å². The summed E-state index contributed by atoms with van der Waals surface area (Å²) in [6, 6.07) is 16.5. The summed E-state index contributed by atoms with van der Waals surface area (Å²) < 4.78 is 0. The van der Waals surface area contributed by atoms with Crippen molar-refractivity contribution in [2.24, 2.45) is 0 Å². The highest BCUT2D eigenvalue weighted by Crippen LogP contribution is 2.38. The molecule has 0 bridgehead atoms. The van der Waals surface area contributed by atoms with Crippen molar-refractivity contribution in [3.63, 3.8) is 0 Å². The molecule has 110 valence electrons. The lowest BCUT2D eigenvalue weighted by atomic mass is 9.89. The number of aromatic hydroxyl groups is 1. The van der Waals surface area contributed by atoms with Gasteiger partial charge in [0.1, 0.15) is 5.75 Å². The zero-order valence-electron chi connectivity index (χ0n) is 13.1. The van der Waals surface area contributed by atoms with Gasteiger partial charge in [-0.15, -0.1) is 6.58 Å². The standard InChI is InChI=1S/C21H20O/c1-4-7-19-20(22)13-16-8-5-6-9-18(16)21(19)17-11-10-14(2)15(3)12-17/h4-6,8-13,22H,1,7H2,2-3H3. The predicted molar refractivity (Wildman–Crippen MR) is 94.4 cm³/mol. The molecule has 0 fully saturated rings. The van der Waals surface area contributed by atoms with Crippen LogP contribution in [0.4, 0.5) is 0 Å². The van der Waals surface area contributed by atoms with Crippen LogP contribution in [0.5, 0.6) is 5.75 Å². The summed E-state index contributed by atoms with van der Waals surface area (Å²) in [7, 11) is 0. The summed E-state index contributed by atoms with van der Waals surface area (Å²) >= 11 is 0. The Labute approximate surface area is 131 Å². The van der Waals surface area contributed by atoms with Gasteiger partial charge in [-0.3, -0.25) is 0 Å². The monoisotopic (exact) mass is 288 g/mol. The van der Waals surface area contributed by atoms with Gasteiger partial charge in [0.2, 0.25) is 0 Å². The van der Waals surface area contributed by atoms with Crippen molar-refractivity contribution in [2.45, 2.75) is 20.3 Å². The molecule has 0 atom stereocenters. The van der Waals surface area contributed by atoms with Crippen LogP contribution in [0.3, 0.4) is 0 Å². The molecule has 0 unspecified atom stereocenters. The van der Waals surface area contributed by atoms with Crippen molar-refractivity contribution in [1.82, 2.24) is 0 Å². The molecule has 3 aromatic carbocycles. The molecule has 1 heteroatoms. The lowest BCUT2D eigenvalue weighted by Crippen LogP contribution is -1.93. The van der Waals surface area contributed by atoms with Crippen LogP contribution >= 0.6 is 0 Å². The SMILES string of the molecule is C=CCc1c(O)cc2ccccc2c1-c1ccc(C)c(C)c1. The van der Waals surface area contributed by atoms with E-state index in [0.717, 1.165) is 22.1 Å². The van der Waals surface area contributed by atoms with Gasteiger partial charge >= 0.3 is 0 Å². The van der Waals surface area contributed by atoms with Crippen molar-refractivity contribution in [3.05, 3.63) is 77.9 Å². The fourth-order valence-corrected chi connectivity index (χ4v) is 2.95. The Morgan fingerprint density at radius 2 is 1.77 bits per heavy atom. The molecular weight excluding hydrogens is 268 g/mol. The van der Waals surface area contributed by atoms with Gasteiger partial charge in [-0.2, -0.15) is 0 Å². The van der Waals surface area contributed by atoms with Gasteiger partial charge in [0.25, 0.3) is 0 Å². The maximum atomic E-state index is 10.5. The van der Waals surface area contributed by atoms with Crippen LogP contribution in [0.1, 0.15) is 16.7 Å². The molecule has 3 rings (SSSR count). The molecule has 3 aromatic rings. The normalized spacial score (nSPS) is 10.8. The molecule has 1 nitrogen and oxygen atoms in total. The predicted octanol–water partition coefficient (Wildman–Crippen LogP) is 5.56. The Hall–Kier alpha value is -2.54. The fraction of sp³-hybridized carbons (Fsp3) is 0.143. The van der Waals surface area contributed by atoms with Gasteiger partial charge in [-0.05, 0) is 59.4 Å². The minimum atomic E-state index is 0.340. The van der Waals surface area contributed by atoms with Crippen molar-refractivity contribution in [3.8, 4) is 16.9 Å². The van der Waals surface area contributed by atoms with Gasteiger partial charge in [0.05, 0.1) is 0 Å². The number of phenols is 1. The molecule has 0 aliphatic rings. The fourth-order valence-electron chi connectivity index (χ4n) is 2.95. The van der Waals surface area contributed by atoms with Crippen molar-refractivity contribution in [2.75, 3.05) is 0 Å². The second-order valence-corrected chi connectivity index (χ2v) is 5.76. The van der Waals surface area contributed by atoms with E-state index < -0.39 is 0 Å². The molecule has 0 amide bonds. The molecular formula is C21H20O. The molecule has 0 aliphatic carbocycles. The van der Waals surface area contributed by atoms with E-state index in [0.29, 0.717) is 12.2 Å². The van der Waals surface area contributed by atoms with Gasteiger partial charge in [0.15, 0.2) is 0 Å². The third-order valence-electron chi connectivity index (χ3n) is 4.28. The molecule has 0 spiro atoms. The van der Waals surface area contributed by atoms with Crippen LogP contribution in [0.15, 0.2) is 61.2 Å². The zero-order valence-corrected chi connectivity index (χ0v) is 13.1. The van der Waals surface area contributed by atoms with Crippen LogP contribution in [0.25, 0.3) is 21.9 Å². The third kappa shape index (κ3) is 2.39. The van der Waals surface area contributed by atoms with Crippen LogP contribution in [-0.2, 0) is 6.42 Å². The van der Waals surface area contributed by atoms with E-state index in [9.17, 15) is 5.11 Å². The summed E-state index contributed by atoms with van der Waals surface area (Å²) in [6.45, 7) is 8.07. The number of hydrogen-bond donors (Lipinski definition) is 1. The lowest BCUT2D eigenvalue weighted by molar-refractivity contribution is 0.471. The molecule has 0 saturated carbocycles. The van der Waals surface area contributed by atoms with Crippen molar-refractivity contribution < 1.29 is 5.11 Å². The maximum absolute atomic E-state index is 10.5. The van der Waals surface area contributed by atoms with E-state index in [1.54, 1.807) is 0 Å². The summed E-state index contributed by atoms with van der Waals surface area (Å²) in [5.74, 6) is 0.340. The van der Waals surface area contributed by atoms with Crippen LogP contribution in [0.2, 0.25) is 0 Å². The average Bonchev–Trinajstić information content (AvgIpc) is 2.51. The number of phenolic OH excluding ortho intramolecular Hbond substituents is 1. The molecule has 22 heavy (non-hydrogen) atoms. The summed E-state index contributed by atoms with van der Waals surface area (Å²) in [6.07, 6.45) is 2.49. The Morgan fingerprint density at radius 3 is 2.50 bits per heavy atom. The zero-order chi connectivity index (χ0) is 15.7. The van der Waals surface area contributed by atoms with Gasteiger partial charge < -0.3 is 5.11 Å². The number of allylic oxidation sites excluding steroid dienone is 1. The molecule has 0 aliphatic heterocycles. The first-order valence-electron chi connectivity index (χ1n) is 7.54. The van der Waals surface area contributed by atoms with Gasteiger partial charge in [-0.1, -0.05) is 48.5 Å². The van der Waals surface area contributed by atoms with Crippen molar-refractivity contribution >= 4 is 10.8 Å². The first kappa shape index (κ1) is 14.4. The Morgan fingerprint density at radius 1 is 1.00 bits per heavy atom. The largest absolute Gasteiger partial charge is 0.508 e. The number of benzene rings is 3. The highest BCUT2D eigenvalue weighted by Gasteiger charge is 2.14. The summed E-state index contributed by atoms with van der Waals surface area (Å²) in [5, 5.41) is 12.7. The summed E-state index contributed by atoms with van der Waals surface area (Å²) in [4.78, 5) is 0. The van der Waals surface area contributed by atoms with Gasteiger partial charge in [-0.25, -0.2) is 0 Å². The molecule has 0 aromatic heterocycles. The molecule has 0 radical (unpaired) electrons. The smallest absolute Gasteiger partial charge is 0.120 e. The first-order chi connectivity index (χ1) is 10.6. The first-order valence-corrected chi connectivity index (χ1v) is 7.54. The Kier molecular flexibility index (Phi) is 3.72. The van der Waals surface area contributed by atoms with Crippen LogP contribution in [0, 0.1) is 13.8 Å². The summed E-state index contributed by atoms with van der Waals surface area (Å²) in [5.41, 5.74) is 5.73. The highest BCUT2D eigenvalue weighted by molar-refractivity contribution is 6.00. The minimum Gasteiger partial charge on any atom is -0.508 e. The average molecular weight is 288 g/mol.